The van der Waals surface area contributed by atoms with Gasteiger partial charge in [-0.1, -0.05) is 6.92 Å². The van der Waals surface area contributed by atoms with Gasteiger partial charge in [0.2, 0.25) is 0 Å². The predicted molar refractivity (Wildman–Crippen MR) is 82.5 cm³/mol. The highest BCUT2D eigenvalue weighted by atomic mass is 79.9. The maximum absolute atomic E-state index is 11.0. The number of rotatable bonds is 5. The first-order valence-electron chi connectivity index (χ1n) is 7.57. The molecule has 0 saturated heterocycles. The first-order valence-corrected chi connectivity index (χ1v) is 8.36. The minimum Gasteiger partial charge on any atom is -0.384 e. The zero-order valence-electron chi connectivity index (χ0n) is 12.6. The average molecular weight is 345 g/mol. The van der Waals surface area contributed by atoms with Gasteiger partial charge in [0.1, 0.15) is 6.10 Å². The molecule has 1 unspecified atom stereocenters. The number of hydrogen-bond donors (Lipinski definition) is 1. The number of aryl methyl sites for hydroxylation is 1. The number of aliphatic hydroxyl groups excluding tert-OH is 1. The van der Waals surface area contributed by atoms with Crippen LogP contribution in [0.15, 0.2) is 10.7 Å². The molecule has 0 spiro atoms. The van der Waals surface area contributed by atoms with Gasteiger partial charge in [-0.2, -0.15) is 5.10 Å². The van der Waals surface area contributed by atoms with Crippen LogP contribution in [0.3, 0.4) is 0 Å². The van der Waals surface area contributed by atoms with E-state index in [1.807, 2.05) is 18.5 Å². The Hall–Kier alpha value is -0.390. The van der Waals surface area contributed by atoms with Crippen LogP contribution in [0.4, 0.5) is 0 Å². The lowest BCUT2D eigenvalue weighted by atomic mass is 9.75. The van der Waals surface area contributed by atoms with Gasteiger partial charge in [-0.25, -0.2) is 0 Å². The molecule has 1 aliphatic carbocycles. The fraction of sp³-hybridized carbons (Fsp3) is 0.800. The van der Waals surface area contributed by atoms with Gasteiger partial charge in [0.15, 0.2) is 0 Å². The van der Waals surface area contributed by atoms with Crippen LogP contribution in [0, 0.1) is 5.92 Å². The lowest BCUT2D eigenvalue weighted by molar-refractivity contribution is -0.149. The smallest absolute Gasteiger partial charge is 0.126 e. The molecule has 114 valence electrons. The normalized spacial score (nSPS) is 28.6. The Morgan fingerprint density at radius 3 is 2.70 bits per heavy atom. The van der Waals surface area contributed by atoms with Crippen LogP contribution in [-0.4, -0.2) is 27.1 Å². The van der Waals surface area contributed by atoms with Gasteiger partial charge in [0.05, 0.1) is 22.0 Å². The quantitative estimate of drug-likeness (QED) is 0.885. The highest BCUT2D eigenvalue weighted by Crippen LogP contribution is 2.44. The second-order valence-electron chi connectivity index (χ2n) is 5.78. The van der Waals surface area contributed by atoms with Crippen molar-refractivity contribution in [1.29, 1.82) is 0 Å². The zero-order chi connectivity index (χ0) is 14.8. The summed E-state index contributed by atoms with van der Waals surface area (Å²) in [5, 5.41) is 15.3. The van der Waals surface area contributed by atoms with Gasteiger partial charge in [-0.05, 0) is 61.4 Å². The molecule has 1 N–H and O–H groups in total. The summed E-state index contributed by atoms with van der Waals surface area (Å²) in [7, 11) is 0. The van der Waals surface area contributed by atoms with Crippen molar-refractivity contribution in [1.82, 2.24) is 9.78 Å². The number of aromatic nitrogens is 2. The second kappa shape index (κ2) is 6.58. The molecule has 0 bridgehead atoms. The molecule has 20 heavy (non-hydrogen) atoms. The first-order chi connectivity index (χ1) is 9.54. The van der Waals surface area contributed by atoms with Gasteiger partial charge in [0.25, 0.3) is 0 Å². The molecule has 1 aliphatic rings. The third-order valence-electron chi connectivity index (χ3n) is 4.44. The van der Waals surface area contributed by atoms with Crippen LogP contribution in [0.25, 0.3) is 0 Å². The van der Waals surface area contributed by atoms with Crippen molar-refractivity contribution < 1.29 is 9.84 Å². The molecule has 0 amide bonds. The van der Waals surface area contributed by atoms with Crippen LogP contribution in [0.5, 0.6) is 0 Å². The van der Waals surface area contributed by atoms with E-state index < -0.39 is 11.7 Å². The number of ether oxygens (including phenoxy) is 1. The van der Waals surface area contributed by atoms with Crippen molar-refractivity contribution in [3.8, 4) is 0 Å². The van der Waals surface area contributed by atoms with Gasteiger partial charge < -0.3 is 9.84 Å². The molecule has 1 heterocycles. The van der Waals surface area contributed by atoms with Crippen LogP contribution >= 0.6 is 15.9 Å². The number of aliphatic hydroxyl groups is 1. The molecule has 1 saturated carbocycles. The molecule has 0 aromatic carbocycles. The summed E-state index contributed by atoms with van der Waals surface area (Å²) in [4.78, 5) is 0. The molecule has 4 nitrogen and oxygen atoms in total. The van der Waals surface area contributed by atoms with E-state index in [1.165, 1.54) is 0 Å². The van der Waals surface area contributed by atoms with Crippen molar-refractivity contribution in [3.05, 3.63) is 16.4 Å². The van der Waals surface area contributed by atoms with Crippen LogP contribution in [0.1, 0.15) is 58.3 Å². The molecule has 0 aliphatic heterocycles. The van der Waals surface area contributed by atoms with Gasteiger partial charge >= 0.3 is 0 Å². The van der Waals surface area contributed by atoms with E-state index in [9.17, 15) is 5.11 Å². The first kappa shape index (κ1) is 16.0. The molecule has 0 radical (unpaired) electrons. The summed E-state index contributed by atoms with van der Waals surface area (Å²) in [6.07, 6.45) is 5.15. The SMILES string of the molecule is CCOC1(C(O)c2c(Br)cnn2CC)CCC(C)CC1. The Bertz CT molecular complexity index is 439. The number of halogens is 1. The van der Waals surface area contributed by atoms with Crippen molar-refractivity contribution in [2.75, 3.05) is 6.61 Å². The molecule has 1 aromatic heterocycles. The molecular formula is C15H25BrN2O2. The third kappa shape index (κ3) is 2.95. The van der Waals surface area contributed by atoms with Gasteiger partial charge in [0, 0.05) is 13.2 Å². The van der Waals surface area contributed by atoms with Crippen molar-refractivity contribution in [2.45, 2.75) is 64.7 Å². The minimum absolute atomic E-state index is 0.462. The Labute approximate surface area is 129 Å². The van der Waals surface area contributed by atoms with E-state index in [1.54, 1.807) is 6.20 Å². The Morgan fingerprint density at radius 1 is 1.50 bits per heavy atom. The summed E-state index contributed by atoms with van der Waals surface area (Å²) >= 11 is 3.51. The monoisotopic (exact) mass is 344 g/mol. The maximum Gasteiger partial charge on any atom is 0.126 e. The lowest BCUT2D eigenvalue weighted by Crippen LogP contribution is -2.43. The Morgan fingerprint density at radius 2 is 2.15 bits per heavy atom. The van der Waals surface area contributed by atoms with E-state index in [-0.39, 0.29) is 0 Å². The van der Waals surface area contributed by atoms with E-state index in [0.29, 0.717) is 6.61 Å². The highest BCUT2D eigenvalue weighted by Gasteiger charge is 2.44. The molecule has 5 heteroatoms. The number of nitrogens with zero attached hydrogens (tertiary/aromatic N) is 2. The molecule has 1 fully saturated rings. The fourth-order valence-electron chi connectivity index (χ4n) is 3.18. The maximum atomic E-state index is 11.0. The summed E-state index contributed by atoms with van der Waals surface area (Å²) < 4.78 is 8.77. The highest BCUT2D eigenvalue weighted by molar-refractivity contribution is 9.10. The summed E-state index contributed by atoms with van der Waals surface area (Å²) in [6.45, 7) is 7.68. The van der Waals surface area contributed by atoms with E-state index in [4.69, 9.17) is 4.74 Å². The fourth-order valence-corrected chi connectivity index (χ4v) is 3.69. The standard InChI is InChI=1S/C15H25BrN2O2/c1-4-18-13(12(16)10-17-18)14(19)15(20-5-2)8-6-11(3)7-9-15/h10-11,14,19H,4-9H2,1-3H3. The van der Waals surface area contributed by atoms with Crippen LogP contribution < -0.4 is 0 Å². The van der Waals surface area contributed by atoms with Crippen molar-refractivity contribution >= 4 is 15.9 Å². The number of hydrogen-bond acceptors (Lipinski definition) is 3. The van der Waals surface area contributed by atoms with Crippen LogP contribution in [0.2, 0.25) is 0 Å². The van der Waals surface area contributed by atoms with E-state index in [2.05, 4.69) is 28.0 Å². The topological polar surface area (TPSA) is 47.3 Å². The Kier molecular flexibility index (Phi) is 5.26. The van der Waals surface area contributed by atoms with Crippen LogP contribution in [-0.2, 0) is 11.3 Å². The lowest BCUT2D eigenvalue weighted by Gasteiger charge is -2.42. The Balaban J connectivity index is 2.31. The summed E-state index contributed by atoms with van der Waals surface area (Å²) in [5.74, 6) is 0.718. The average Bonchev–Trinajstić information content (AvgIpc) is 2.82. The van der Waals surface area contributed by atoms with E-state index >= 15 is 0 Å². The second-order valence-corrected chi connectivity index (χ2v) is 6.63. The largest absolute Gasteiger partial charge is 0.384 e. The third-order valence-corrected chi connectivity index (χ3v) is 5.05. The van der Waals surface area contributed by atoms with E-state index in [0.717, 1.165) is 48.3 Å². The van der Waals surface area contributed by atoms with Gasteiger partial charge in [-0.3, -0.25) is 4.68 Å². The minimum atomic E-state index is -0.633. The van der Waals surface area contributed by atoms with Crippen molar-refractivity contribution in [3.63, 3.8) is 0 Å². The summed E-state index contributed by atoms with van der Waals surface area (Å²) in [5.41, 5.74) is 0.381. The van der Waals surface area contributed by atoms with Gasteiger partial charge in [-0.15, -0.1) is 0 Å². The molecular weight excluding hydrogens is 320 g/mol. The van der Waals surface area contributed by atoms with Crippen molar-refractivity contribution in [2.24, 2.45) is 5.92 Å². The predicted octanol–water partition coefficient (Wildman–Crippen LogP) is 3.68. The zero-order valence-corrected chi connectivity index (χ0v) is 14.2. The molecule has 1 aromatic rings. The molecule has 2 rings (SSSR count). The molecule has 1 atom stereocenters. The summed E-state index contributed by atoms with van der Waals surface area (Å²) in [6, 6.07) is 0.